The van der Waals surface area contributed by atoms with Crippen molar-refractivity contribution in [2.45, 2.75) is 20.0 Å². The molecule has 1 aliphatic rings. The minimum Gasteiger partial charge on any atom is -0.332 e. The number of hydrazone groups is 1. The number of nitrogens with one attached hydrogen (secondary N) is 3. The van der Waals surface area contributed by atoms with Crippen molar-refractivity contribution in [1.29, 1.82) is 0 Å². The third kappa shape index (κ3) is 3.75. The van der Waals surface area contributed by atoms with Gasteiger partial charge in [0.05, 0.1) is 12.3 Å². The first-order valence-electron chi connectivity index (χ1n) is 6.23. The summed E-state index contributed by atoms with van der Waals surface area (Å²) in [6, 6.07) is 7.89. The van der Waals surface area contributed by atoms with Crippen molar-refractivity contribution in [2.24, 2.45) is 5.10 Å². The molecule has 1 aliphatic heterocycles. The molecule has 0 fully saturated rings. The van der Waals surface area contributed by atoms with Crippen LogP contribution >= 0.6 is 12.2 Å². The average Bonchev–Trinajstić information content (AvgIpc) is 2.41. The van der Waals surface area contributed by atoms with Crippen molar-refractivity contribution >= 4 is 35.0 Å². The highest BCUT2D eigenvalue weighted by atomic mass is 32.1. The molecule has 0 saturated heterocycles. The van der Waals surface area contributed by atoms with Gasteiger partial charge in [-0.1, -0.05) is 17.7 Å². The Labute approximate surface area is 123 Å². The van der Waals surface area contributed by atoms with Crippen molar-refractivity contribution in [1.82, 2.24) is 15.9 Å². The molecule has 3 N–H and O–H groups in total. The minimum absolute atomic E-state index is 0.428. The van der Waals surface area contributed by atoms with E-state index in [2.05, 4.69) is 21.3 Å². The Morgan fingerprint density at radius 2 is 2.15 bits per heavy atom. The van der Waals surface area contributed by atoms with Crippen LogP contribution in [0.2, 0.25) is 0 Å². The number of carbonyl (C=O) groups is 1. The number of thiocarbonyl (C=S) groups is 1. The van der Waals surface area contributed by atoms with Crippen LogP contribution in [-0.4, -0.2) is 34.8 Å². The zero-order valence-electron chi connectivity index (χ0n) is 11.4. The molecule has 0 aliphatic carbocycles. The van der Waals surface area contributed by atoms with E-state index in [1.54, 1.807) is 5.01 Å². The highest BCUT2D eigenvalue weighted by molar-refractivity contribution is 7.80. The van der Waals surface area contributed by atoms with Gasteiger partial charge in [0.25, 0.3) is 0 Å². The van der Waals surface area contributed by atoms with Crippen LogP contribution in [0.4, 0.5) is 5.69 Å². The molecule has 1 heterocycles. The average molecular weight is 291 g/mol. The Balaban J connectivity index is 1.95. The highest BCUT2D eigenvalue weighted by Gasteiger charge is 2.22. The molecule has 0 aromatic heterocycles. The van der Waals surface area contributed by atoms with Gasteiger partial charge in [-0.2, -0.15) is 10.1 Å². The molecular weight excluding hydrogens is 274 g/mol. The van der Waals surface area contributed by atoms with Gasteiger partial charge in [-0.15, -0.1) is 0 Å². The standard InChI is InChI=1S/C13H17N5OS/c1-9-3-5-11(6-4-9)14-13(20)17-18-7-10(2)15-16-12(18)8-19/h3-6,8,12,16H,7H2,1-2H3,(H2,14,17,20). The third-order valence-electron chi connectivity index (χ3n) is 2.81. The smallest absolute Gasteiger partial charge is 0.185 e. The van der Waals surface area contributed by atoms with E-state index >= 15 is 0 Å². The summed E-state index contributed by atoms with van der Waals surface area (Å²) in [5.41, 5.74) is 8.68. The second-order valence-electron chi connectivity index (χ2n) is 4.62. The van der Waals surface area contributed by atoms with Crippen LogP contribution in [0, 0.1) is 6.92 Å². The number of hydrogen-bond acceptors (Lipinski definition) is 5. The summed E-state index contributed by atoms with van der Waals surface area (Å²) in [6.07, 6.45) is 0.244. The van der Waals surface area contributed by atoms with E-state index in [1.807, 2.05) is 38.1 Å². The van der Waals surface area contributed by atoms with Gasteiger partial charge in [-0.25, -0.2) is 0 Å². The van der Waals surface area contributed by atoms with Gasteiger partial charge in [0.2, 0.25) is 0 Å². The molecule has 0 bridgehead atoms. The first-order chi connectivity index (χ1) is 9.58. The van der Waals surface area contributed by atoms with E-state index in [0.29, 0.717) is 11.7 Å². The molecule has 1 aromatic carbocycles. The predicted octanol–water partition coefficient (Wildman–Crippen LogP) is 1.00. The monoisotopic (exact) mass is 291 g/mol. The van der Waals surface area contributed by atoms with E-state index in [1.165, 1.54) is 5.56 Å². The third-order valence-corrected chi connectivity index (χ3v) is 3.00. The fourth-order valence-corrected chi connectivity index (χ4v) is 2.00. The van der Waals surface area contributed by atoms with E-state index in [-0.39, 0.29) is 0 Å². The second-order valence-corrected chi connectivity index (χ2v) is 5.03. The van der Waals surface area contributed by atoms with Crippen molar-refractivity contribution in [3.05, 3.63) is 29.8 Å². The summed E-state index contributed by atoms with van der Waals surface area (Å²) < 4.78 is 0. The van der Waals surface area contributed by atoms with Crippen molar-refractivity contribution < 1.29 is 4.79 Å². The van der Waals surface area contributed by atoms with E-state index in [9.17, 15) is 4.79 Å². The van der Waals surface area contributed by atoms with Crippen LogP contribution in [0.15, 0.2) is 29.4 Å². The molecule has 1 aromatic rings. The maximum Gasteiger partial charge on any atom is 0.185 e. The lowest BCUT2D eigenvalue weighted by Gasteiger charge is -2.32. The molecule has 7 heteroatoms. The normalized spacial score (nSPS) is 18.7. The zero-order chi connectivity index (χ0) is 14.5. The Morgan fingerprint density at radius 1 is 1.45 bits per heavy atom. The van der Waals surface area contributed by atoms with Gasteiger partial charge >= 0.3 is 0 Å². The minimum atomic E-state index is -0.531. The van der Waals surface area contributed by atoms with Gasteiger partial charge in [0.1, 0.15) is 0 Å². The molecule has 0 spiro atoms. The fraction of sp³-hybridized carbons (Fsp3) is 0.308. The number of aryl methyl sites for hydroxylation is 1. The predicted molar refractivity (Wildman–Crippen MR) is 83.3 cm³/mol. The van der Waals surface area contributed by atoms with Gasteiger partial charge in [-0.05, 0) is 38.2 Å². The lowest BCUT2D eigenvalue weighted by atomic mass is 10.2. The quantitative estimate of drug-likeness (QED) is 0.570. The fourth-order valence-electron chi connectivity index (χ4n) is 1.77. The molecule has 1 atom stereocenters. The summed E-state index contributed by atoms with van der Waals surface area (Å²) in [5, 5.41) is 9.22. The molecule has 0 amide bonds. The Hall–Kier alpha value is -1.99. The summed E-state index contributed by atoms with van der Waals surface area (Å²) in [5.74, 6) is 0. The number of carbonyl (C=O) groups excluding carboxylic acids is 1. The Bertz CT molecular complexity index is 528. The molecule has 2 rings (SSSR count). The first-order valence-corrected chi connectivity index (χ1v) is 6.64. The van der Waals surface area contributed by atoms with Gasteiger partial charge in [0, 0.05) is 5.69 Å². The van der Waals surface area contributed by atoms with Gasteiger partial charge in [-0.3, -0.25) is 15.6 Å². The lowest BCUT2D eigenvalue weighted by molar-refractivity contribution is -0.114. The van der Waals surface area contributed by atoms with Gasteiger partial charge < -0.3 is 5.32 Å². The largest absolute Gasteiger partial charge is 0.332 e. The van der Waals surface area contributed by atoms with Crippen molar-refractivity contribution in [3.8, 4) is 0 Å². The van der Waals surface area contributed by atoms with Crippen LogP contribution in [0.5, 0.6) is 0 Å². The molecule has 1 unspecified atom stereocenters. The summed E-state index contributed by atoms with van der Waals surface area (Å²) in [7, 11) is 0. The van der Waals surface area contributed by atoms with E-state index in [0.717, 1.165) is 17.7 Å². The number of benzene rings is 1. The maximum absolute atomic E-state index is 11.0. The van der Waals surface area contributed by atoms with Gasteiger partial charge in [0.15, 0.2) is 17.6 Å². The molecular formula is C13H17N5OS. The highest BCUT2D eigenvalue weighted by Crippen LogP contribution is 2.08. The lowest BCUT2D eigenvalue weighted by Crippen LogP contribution is -2.59. The number of hydrazine groups is 1. The van der Waals surface area contributed by atoms with Crippen molar-refractivity contribution in [2.75, 3.05) is 11.9 Å². The number of anilines is 1. The van der Waals surface area contributed by atoms with E-state index < -0.39 is 6.17 Å². The van der Waals surface area contributed by atoms with Crippen LogP contribution in [0.3, 0.4) is 0 Å². The zero-order valence-corrected chi connectivity index (χ0v) is 12.2. The van der Waals surface area contributed by atoms with E-state index in [4.69, 9.17) is 12.2 Å². The Kier molecular flexibility index (Phi) is 4.65. The van der Waals surface area contributed by atoms with Crippen LogP contribution in [0.25, 0.3) is 0 Å². The molecule has 20 heavy (non-hydrogen) atoms. The topological polar surface area (TPSA) is 68.8 Å². The van der Waals surface area contributed by atoms with Crippen LogP contribution in [0.1, 0.15) is 12.5 Å². The Morgan fingerprint density at radius 3 is 2.80 bits per heavy atom. The first kappa shape index (κ1) is 14.4. The number of hydrogen-bond donors (Lipinski definition) is 3. The summed E-state index contributed by atoms with van der Waals surface area (Å²) in [6.45, 7) is 4.42. The molecule has 106 valence electrons. The maximum atomic E-state index is 11.0. The second kappa shape index (κ2) is 6.44. The van der Waals surface area contributed by atoms with Crippen molar-refractivity contribution in [3.63, 3.8) is 0 Å². The molecule has 0 saturated carbocycles. The number of aldehydes is 1. The van der Waals surface area contributed by atoms with Crippen LogP contribution < -0.4 is 16.2 Å². The summed E-state index contributed by atoms with van der Waals surface area (Å²) in [4.78, 5) is 11.0. The van der Waals surface area contributed by atoms with Crippen LogP contribution in [-0.2, 0) is 4.79 Å². The number of nitrogens with zero attached hydrogens (tertiary/aromatic N) is 2. The number of rotatable bonds is 3. The molecule has 0 radical (unpaired) electrons. The molecule has 6 nitrogen and oxygen atoms in total. The summed E-state index contributed by atoms with van der Waals surface area (Å²) >= 11 is 5.24. The SMILES string of the molecule is CC1=NNC(C=O)N(NC(=S)Nc2ccc(C)cc2)C1.